The van der Waals surface area contributed by atoms with Crippen LogP contribution >= 0.6 is 11.8 Å². The summed E-state index contributed by atoms with van der Waals surface area (Å²) in [4.78, 5) is 19.7. The highest BCUT2D eigenvalue weighted by molar-refractivity contribution is 8.18. The zero-order chi connectivity index (χ0) is 17.6. The highest BCUT2D eigenvalue weighted by atomic mass is 32.2. The van der Waals surface area contributed by atoms with E-state index in [0.29, 0.717) is 23.2 Å². The van der Waals surface area contributed by atoms with Crippen LogP contribution in [0.1, 0.15) is 19.4 Å². The third-order valence-corrected chi connectivity index (χ3v) is 4.68. The van der Waals surface area contributed by atoms with E-state index in [-0.39, 0.29) is 5.91 Å². The molecule has 5 heteroatoms. The van der Waals surface area contributed by atoms with Gasteiger partial charge < -0.3 is 4.74 Å². The maximum atomic E-state index is 12.6. The van der Waals surface area contributed by atoms with Gasteiger partial charge in [-0.05, 0) is 61.5 Å². The zero-order valence-corrected chi connectivity index (χ0v) is 15.1. The first kappa shape index (κ1) is 17.3. The average Bonchev–Trinajstić information content (AvgIpc) is 2.92. The first-order valence-electron chi connectivity index (χ1n) is 8.29. The van der Waals surface area contributed by atoms with Gasteiger partial charge in [0.1, 0.15) is 5.75 Å². The molecule has 0 bridgehead atoms. The van der Waals surface area contributed by atoms with E-state index in [0.717, 1.165) is 17.0 Å². The van der Waals surface area contributed by atoms with Gasteiger partial charge in [0, 0.05) is 6.54 Å². The molecule has 0 saturated carbocycles. The number of carbonyl (C=O) groups excluding carboxylic acids is 1. The Morgan fingerprint density at radius 2 is 1.80 bits per heavy atom. The van der Waals surface area contributed by atoms with Crippen molar-refractivity contribution in [1.82, 2.24) is 4.90 Å². The summed E-state index contributed by atoms with van der Waals surface area (Å²) in [6.07, 6.45) is 1.91. The van der Waals surface area contributed by atoms with E-state index in [4.69, 9.17) is 4.74 Å². The molecule has 0 radical (unpaired) electrons. The Bertz CT molecular complexity index is 798. The number of aliphatic imine (C=N–C) groups is 1. The van der Waals surface area contributed by atoms with Crippen molar-refractivity contribution in [3.05, 3.63) is 65.1 Å². The van der Waals surface area contributed by atoms with E-state index in [1.54, 1.807) is 4.90 Å². The molecule has 1 fully saturated rings. The molecule has 2 aromatic carbocycles. The number of thioether (sulfide) groups is 1. The van der Waals surface area contributed by atoms with Crippen molar-refractivity contribution in [3.63, 3.8) is 0 Å². The lowest BCUT2D eigenvalue weighted by Crippen LogP contribution is -2.28. The number of rotatable bonds is 5. The Kier molecular flexibility index (Phi) is 5.56. The Morgan fingerprint density at radius 1 is 1.08 bits per heavy atom. The van der Waals surface area contributed by atoms with Crippen LogP contribution in [0.3, 0.4) is 0 Å². The molecule has 1 amide bonds. The highest BCUT2D eigenvalue weighted by Gasteiger charge is 2.32. The SMILES string of the molecule is CCOc1ccc(N=C2SC(=Cc3ccccc3)C(=O)N2CC)cc1. The number of nitrogens with zero attached hydrogens (tertiary/aromatic N) is 2. The molecular weight excluding hydrogens is 332 g/mol. The highest BCUT2D eigenvalue weighted by Crippen LogP contribution is 2.34. The summed E-state index contributed by atoms with van der Waals surface area (Å²) < 4.78 is 5.45. The van der Waals surface area contributed by atoms with Gasteiger partial charge in [0.2, 0.25) is 0 Å². The fourth-order valence-corrected chi connectivity index (χ4v) is 3.53. The molecule has 0 spiro atoms. The van der Waals surface area contributed by atoms with E-state index >= 15 is 0 Å². The lowest BCUT2D eigenvalue weighted by atomic mass is 10.2. The van der Waals surface area contributed by atoms with Crippen LogP contribution in [0, 0.1) is 0 Å². The van der Waals surface area contributed by atoms with E-state index < -0.39 is 0 Å². The number of amidine groups is 1. The van der Waals surface area contributed by atoms with Gasteiger partial charge in [-0.2, -0.15) is 0 Å². The first-order chi connectivity index (χ1) is 12.2. The van der Waals surface area contributed by atoms with Crippen LogP contribution in [0.5, 0.6) is 5.75 Å². The van der Waals surface area contributed by atoms with Crippen LogP contribution < -0.4 is 4.74 Å². The van der Waals surface area contributed by atoms with Gasteiger partial charge in [0.05, 0.1) is 17.2 Å². The summed E-state index contributed by atoms with van der Waals surface area (Å²) in [6, 6.07) is 17.4. The van der Waals surface area contributed by atoms with Crippen LogP contribution in [0.4, 0.5) is 5.69 Å². The normalized spacial score (nSPS) is 17.5. The summed E-state index contributed by atoms with van der Waals surface area (Å²) in [7, 11) is 0. The third-order valence-electron chi connectivity index (χ3n) is 3.67. The van der Waals surface area contributed by atoms with Crippen molar-refractivity contribution in [2.75, 3.05) is 13.2 Å². The summed E-state index contributed by atoms with van der Waals surface area (Å²) in [5, 5.41) is 0.707. The third kappa shape index (κ3) is 4.12. The molecular formula is C20H20N2O2S. The van der Waals surface area contributed by atoms with Crippen LogP contribution in [0.2, 0.25) is 0 Å². The number of ether oxygens (including phenoxy) is 1. The van der Waals surface area contributed by atoms with Crippen LogP contribution in [0.25, 0.3) is 6.08 Å². The zero-order valence-electron chi connectivity index (χ0n) is 14.3. The van der Waals surface area contributed by atoms with Gasteiger partial charge in [0.15, 0.2) is 5.17 Å². The van der Waals surface area contributed by atoms with Crippen molar-refractivity contribution >= 4 is 34.6 Å². The fraction of sp³-hybridized carbons (Fsp3) is 0.200. The molecule has 128 valence electrons. The summed E-state index contributed by atoms with van der Waals surface area (Å²) in [5.74, 6) is 0.819. The minimum Gasteiger partial charge on any atom is -0.494 e. The molecule has 3 rings (SSSR count). The Labute approximate surface area is 152 Å². The largest absolute Gasteiger partial charge is 0.494 e. The minimum absolute atomic E-state index is 0.000963. The molecule has 1 heterocycles. The van der Waals surface area contributed by atoms with Crippen molar-refractivity contribution < 1.29 is 9.53 Å². The van der Waals surface area contributed by atoms with E-state index in [9.17, 15) is 4.79 Å². The second-order valence-electron chi connectivity index (χ2n) is 5.39. The van der Waals surface area contributed by atoms with Gasteiger partial charge in [-0.15, -0.1) is 0 Å². The molecule has 1 saturated heterocycles. The van der Waals surface area contributed by atoms with Crippen LogP contribution in [-0.2, 0) is 4.79 Å². The van der Waals surface area contributed by atoms with Gasteiger partial charge in [-0.1, -0.05) is 30.3 Å². The maximum Gasteiger partial charge on any atom is 0.266 e. The molecule has 1 aliphatic rings. The lowest BCUT2D eigenvalue weighted by molar-refractivity contribution is -0.122. The topological polar surface area (TPSA) is 41.9 Å². The van der Waals surface area contributed by atoms with Gasteiger partial charge in [-0.25, -0.2) is 4.99 Å². The van der Waals surface area contributed by atoms with Gasteiger partial charge in [0.25, 0.3) is 5.91 Å². The molecule has 0 atom stereocenters. The second-order valence-corrected chi connectivity index (χ2v) is 6.40. The van der Waals surface area contributed by atoms with Gasteiger partial charge in [-0.3, -0.25) is 9.69 Å². The van der Waals surface area contributed by atoms with E-state index in [2.05, 4.69) is 4.99 Å². The number of likely N-dealkylation sites (N-methyl/N-ethyl adjacent to an activating group) is 1. The number of benzene rings is 2. The molecule has 0 aromatic heterocycles. The van der Waals surface area contributed by atoms with Crippen molar-refractivity contribution in [3.8, 4) is 5.75 Å². The van der Waals surface area contributed by atoms with Crippen molar-refractivity contribution in [1.29, 1.82) is 0 Å². The average molecular weight is 352 g/mol. The molecule has 25 heavy (non-hydrogen) atoms. The van der Waals surface area contributed by atoms with E-state index in [1.165, 1.54) is 11.8 Å². The molecule has 1 aliphatic heterocycles. The Balaban J connectivity index is 1.85. The predicted octanol–water partition coefficient (Wildman–Crippen LogP) is 4.71. The number of hydrogen-bond acceptors (Lipinski definition) is 4. The van der Waals surface area contributed by atoms with Crippen LogP contribution in [0.15, 0.2) is 64.5 Å². The monoisotopic (exact) mass is 352 g/mol. The molecule has 4 nitrogen and oxygen atoms in total. The smallest absolute Gasteiger partial charge is 0.266 e. The first-order valence-corrected chi connectivity index (χ1v) is 9.11. The second kappa shape index (κ2) is 8.03. The fourth-order valence-electron chi connectivity index (χ4n) is 2.46. The molecule has 0 unspecified atom stereocenters. The standard InChI is InChI=1S/C20H20N2O2S/c1-3-22-19(23)18(14-15-8-6-5-7-9-15)25-20(22)21-16-10-12-17(13-11-16)24-4-2/h5-14H,3-4H2,1-2H3. The summed E-state index contributed by atoms with van der Waals surface area (Å²) in [5.41, 5.74) is 1.81. The predicted molar refractivity (Wildman–Crippen MR) is 104 cm³/mol. The Morgan fingerprint density at radius 3 is 2.44 bits per heavy atom. The minimum atomic E-state index is 0.000963. The van der Waals surface area contributed by atoms with Crippen molar-refractivity contribution in [2.45, 2.75) is 13.8 Å². The van der Waals surface area contributed by atoms with Gasteiger partial charge >= 0.3 is 0 Å². The maximum absolute atomic E-state index is 12.6. The molecule has 2 aromatic rings. The van der Waals surface area contributed by atoms with Crippen LogP contribution in [-0.4, -0.2) is 29.1 Å². The van der Waals surface area contributed by atoms with E-state index in [1.807, 2.05) is 74.5 Å². The number of hydrogen-bond donors (Lipinski definition) is 0. The number of carbonyl (C=O) groups is 1. The molecule has 0 aliphatic carbocycles. The molecule has 0 N–H and O–H groups in total. The lowest BCUT2D eigenvalue weighted by Gasteiger charge is -2.12. The number of amides is 1. The summed E-state index contributed by atoms with van der Waals surface area (Å²) >= 11 is 1.41. The quantitative estimate of drug-likeness (QED) is 0.732. The Hall–Kier alpha value is -2.53. The summed E-state index contributed by atoms with van der Waals surface area (Å²) in [6.45, 7) is 5.13. The van der Waals surface area contributed by atoms with Crippen molar-refractivity contribution in [2.24, 2.45) is 4.99 Å².